The van der Waals surface area contributed by atoms with Gasteiger partial charge < -0.3 is 9.73 Å². The average Bonchev–Trinajstić information content (AvgIpc) is 2.29. The van der Waals surface area contributed by atoms with Crippen LogP contribution in [-0.4, -0.2) is 6.54 Å². The van der Waals surface area contributed by atoms with Gasteiger partial charge in [0.05, 0.1) is 0 Å². The van der Waals surface area contributed by atoms with Crippen molar-refractivity contribution in [3.63, 3.8) is 0 Å². The quantitative estimate of drug-likeness (QED) is 0.861. The largest absolute Gasteiger partial charge is 0.422 e. The van der Waals surface area contributed by atoms with E-state index in [1.807, 2.05) is 32.9 Å². The van der Waals surface area contributed by atoms with E-state index < -0.39 is 0 Å². The summed E-state index contributed by atoms with van der Waals surface area (Å²) in [4.78, 5) is 11.6. The lowest BCUT2D eigenvalue weighted by Gasteiger charge is -2.10. The lowest BCUT2D eigenvalue weighted by Crippen LogP contribution is -2.04. The van der Waals surface area contributed by atoms with Gasteiger partial charge in [-0.05, 0) is 53.9 Å². The molecular formula is C13H14BrNO2. The predicted molar refractivity (Wildman–Crippen MR) is 73.8 cm³/mol. The molecule has 90 valence electrons. The molecule has 0 bridgehead atoms. The summed E-state index contributed by atoms with van der Waals surface area (Å²) in [6, 6.07) is 3.92. The minimum absolute atomic E-state index is 0.332. The van der Waals surface area contributed by atoms with E-state index in [1.54, 1.807) is 0 Å². The van der Waals surface area contributed by atoms with Crippen LogP contribution in [-0.2, 0) is 0 Å². The lowest BCUT2D eigenvalue weighted by atomic mass is 10.1. The molecule has 2 rings (SSSR count). The number of nitrogens with one attached hydrogen (secondary N) is 1. The average molecular weight is 296 g/mol. The molecule has 2 aromatic rings. The van der Waals surface area contributed by atoms with Crippen LogP contribution in [0.15, 0.2) is 25.8 Å². The number of fused-ring (bicyclic) bond motifs is 1. The standard InChI is InChI=1S/C13H14BrNO2/c1-4-15-10-6-11-9(5-7(10)2)8(3)12(14)13(16)17-11/h5-6,15H,4H2,1-3H3. The van der Waals surface area contributed by atoms with Gasteiger partial charge >= 0.3 is 5.63 Å². The molecule has 1 N–H and O–H groups in total. The number of halogens is 1. The monoisotopic (exact) mass is 295 g/mol. The van der Waals surface area contributed by atoms with E-state index in [2.05, 4.69) is 21.2 Å². The van der Waals surface area contributed by atoms with Crippen molar-refractivity contribution in [2.24, 2.45) is 0 Å². The van der Waals surface area contributed by atoms with Crippen molar-refractivity contribution in [3.05, 3.63) is 38.2 Å². The Labute approximate surface area is 108 Å². The highest BCUT2D eigenvalue weighted by molar-refractivity contribution is 9.10. The van der Waals surface area contributed by atoms with Crippen LogP contribution in [0.4, 0.5) is 5.69 Å². The minimum Gasteiger partial charge on any atom is -0.422 e. The molecule has 0 amide bonds. The summed E-state index contributed by atoms with van der Waals surface area (Å²) < 4.78 is 5.77. The summed E-state index contributed by atoms with van der Waals surface area (Å²) in [7, 11) is 0. The molecule has 0 aliphatic rings. The summed E-state index contributed by atoms with van der Waals surface area (Å²) in [5, 5.41) is 4.22. The first-order chi connectivity index (χ1) is 8.04. The van der Waals surface area contributed by atoms with Gasteiger partial charge in [0, 0.05) is 23.7 Å². The summed E-state index contributed by atoms with van der Waals surface area (Å²) in [6.07, 6.45) is 0. The molecular weight excluding hydrogens is 282 g/mol. The number of hydrogen-bond donors (Lipinski definition) is 1. The Morgan fingerprint density at radius 1 is 1.35 bits per heavy atom. The van der Waals surface area contributed by atoms with Crippen LogP contribution < -0.4 is 10.9 Å². The molecule has 0 fully saturated rings. The van der Waals surface area contributed by atoms with Crippen LogP contribution in [0.3, 0.4) is 0 Å². The zero-order valence-electron chi connectivity index (χ0n) is 10.1. The SMILES string of the molecule is CCNc1cc2oc(=O)c(Br)c(C)c2cc1C. The van der Waals surface area contributed by atoms with Gasteiger partial charge in [-0.1, -0.05) is 0 Å². The zero-order chi connectivity index (χ0) is 12.6. The first-order valence-corrected chi connectivity index (χ1v) is 6.31. The Morgan fingerprint density at radius 2 is 2.06 bits per heavy atom. The van der Waals surface area contributed by atoms with Crippen molar-refractivity contribution in [1.29, 1.82) is 0 Å². The predicted octanol–water partition coefficient (Wildman–Crippen LogP) is 3.60. The maximum absolute atomic E-state index is 11.6. The van der Waals surface area contributed by atoms with Crippen molar-refractivity contribution in [2.75, 3.05) is 11.9 Å². The second-order valence-corrected chi connectivity index (χ2v) is 4.82. The molecule has 0 saturated carbocycles. The molecule has 4 heteroatoms. The smallest absolute Gasteiger partial charge is 0.350 e. The van der Waals surface area contributed by atoms with Gasteiger partial charge in [-0.15, -0.1) is 0 Å². The van der Waals surface area contributed by atoms with E-state index in [9.17, 15) is 4.79 Å². The summed E-state index contributed by atoms with van der Waals surface area (Å²) in [5.74, 6) is 0. The van der Waals surface area contributed by atoms with Gasteiger partial charge in [0.2, 0.25) is 0 Å². The van der Waals surface area contributed by atoms with Crippen molar-refractivity contribution < 1.29 is 4.42 Å². The molecule has 0 radical (unpaired) electrons. The summed E-state index contributed by atoms with van der Waals surface area (Å²) in [6.45, 7) is 6.82. The van der Waals surface area contributed by atoms with E-state index in [-0.39, 0.29) is 5.63 Å². The first kappa shape index (κ1) is 12.2. The Kier molecular flexibility index (Phi) is 3.24. The summed E-state index contributed by atoms with van der Waals surface area (Å²) >= 11 is 3.25. The second-order valence-electron chi connectivity index (χ2n) is 4.02. The lowest BCUT2D eigenvalue weighted by molar-refractivity contribution is 0.555. The minimum atomic E-state index is -0.332. The molecule has 0 saturated heterocycles. The third-order valence-corrected chi connectivity index (χ3v) is 3.73. The van der Waals surface area contributed by atoms with Crippen LogP contribution in [0.2, 0.25) is 0 Å². The normalized spacial score (nSPS) is 10.8. The van der Waals surface area contributed by atoms with Crippen molar-refractivity contribution >= 4 is 32.6 Å². The fourth-order valence-corrected chi connectivity index (χ4v) is 2.16. The highest BCUT2D eigenvalue weighted by atomic mass is 79.9. The molecule has 0 spiro atoms. The molecule has 3 nitrogen and oxygen atoms in total. The molecule has 1 aromatic carbocycles. The van der Waals surface area contributed by atoms with Gasteiger partial charge in [-0.3, -0.25) is 0 Å². The van der Waals surface area contributed by atoms with Crippen LogP contribution in [0.1, 0.15) is 18.1 Å². The number of aryl methyl sites for hydroxylation is 2. The van der Waals surface area contributed by atoms with Crippen LogP contribution in [0.25, 0.3) is 11.0 Å². The van der Waals surface area contributed by atoms with Gasteiger partial charge in [-0.25, -0.2) is 4.79 Å². The van der Waals surface area contributed by atoms with E-state index in [1.165, 1.54) is 0 Å². The van der Waals surface area contributed by atoms with Gasteiger partial charge in [0.1, 0.15) is 10.1 Å². The fourth-order valence-electron chi connectivity index (χ4n) is 1.86. The highest BCUT2D eigenvalue weighted by Crippen LogP contribution is 2.27. The number of anilines is 1. The second kappa shape index (κ2) is 4.53. The van der Waals surface area contributed by atoms with Gasteiger partial charge in [0.15, 0.2) is 0 Å². The third-order valence-electron chi connectivity index (χ3n) is 2.81. The topological polar surface area (TPSA) is 42.2 Å². The van der Waals surface area contributed by atoms with Crippen molar-refractivity contribution in [3.8, 4) is 0 Å². The Balaban J connectivity index is 2.79. The Morgan fingerprint density at radius 3 is 2.71 bits per heavy atom. The van der Waals surface area contributed by atoms with Crippen LogP contribution in [0, 0.1) is 13.8 Å². The maximum atomic E-state index is 11.6. The number of rotatable bonds is 2. The Bertz CT molecular complexity index is 631. The van der Waals surface area contributed by atoms with E-state index >= 15 is 0 Å². The van der Waals surface area contributed by atoms with Crippen molar-refractivity contribution in [2.45, 2.75) is 20.8 Å². The molecule has 0 unspecified atom stereocenters. The van der Waals surface area contributed by atoms with Gasteiger partial charge in [0.25, 0.3) is 0 Å². The van der Waals surface area contributed by atoms with E-state index in [4.69, 9.17) is 4.42 Å². The number of hydrogen-bond acceptors (Lipinski definition) is 3. The summed E-state index contributed by atoms with van der Waals surface area (Å²) in [5.41, 5.74) is 3.36. The van der Waals surface area contributed by atoms with Crippen molar-refractivity contribution in [1.82, 2.24) is 0 Å². The molecule has 1 heterocycles. The third kappa shape index (κ3) is 2.09. The van der Waals surface area contributed by atoms with Crippen LogP contribution in [0.5, 0.6) is 0 Å². The van der Waals surface area contributed by atoms with E-state index in [0.717, 1.165) is 28.7 Å². The highest BCUT2D eigenvalue weighted by Gasteiger charge is 2.10. The first-order valence-electron chi connectivity index (χ1n) is 5.52. The molecule has 0 aliphatic heterocycles. The number of benzene rings is 1. The molecule has 1 aromatic heterocycles. The molecule has 0 atom stereocenters. The maximum Gasteiger partial charge on any atom is 0.350 e. The molecule has 17 heavy (non-hydrogen) atoms. The zero-order valence-corrected chi connectivity index (χ0v) is 11.6. The van der Waals surface area contributed by atoms with Crippen LogP contribution >= 0.6 is 15.9 Å². The fraction of sp³-hybridized carbons (Fsp3) is 0.308. The molecule has 0 aliphatic carbocycles. The van der Waals surface area contributed by atoms with E-state index in [0.29, 0.717) is 10.1 Å². The Hall–Kier alpha value is -1.29. The van der Waals surface area contributed by atoms with Gasteiger partial charge in [-0.2, -0.15) is 0 Å².